The number of hydrogen-bond acceptors (Lipinski definition) is 4. The molecule has 0 aromatic carbocycles. The second-order valence-corrected chi connectivity index (χ2v) is 3.29. The zero-order valence-corrected chi connectivity index (χ0v) is 4.79. The van der Waals surface area contributed by atoms with Gasteiger partial charge in [-0.15, -0.1) is 8.67 Å². The van der Waals surface area contributed by atoms with Crippen molar-refractivity contribution >= 4 is 22.2 Å². The van der Waals surface area contributed by atoms with Gasteiger partial charge in [-0.25, -0.2) is 8.42 Å². The van der Waals surface area contributed by atoms with Crippen LogP contribution in [0, 0.1) is 0 Å². The van der Waals surface area contributed by atoms with Crippen LogP contribution in [0.2, 0.25) is 0 Å². The molecule has 1 saturated heterocycles. The van der Waals surface area contributed by atoms with E-state index in [0.29, 0.717) is 0 Å². The highest BCUT2D eigenvalue weighted by atomic mass is 32.3. The highest BCUT2D eigenvalue weighted by Crippen LogP contribution is 2.03. The van der Waals surface area contributed by atoms with Gasteiger partial charge in [-0.05, 0) is 0 Å². The highest BCUT2D eigenvalue weighted by molar-refractivity contribution is 7.99. The fraction of sp³-hybridized carbons (Fsp3) is 1.00. The van der Waals surface area contributed by atoms with E-state index in [2.05, 4.69) is 8.67 Å². The Hall–Kier alpha value is 0.220. The lowest BCUT2D eigenvalue weighted by Gasteiger charge is -1.74. The molecule has 0 radical (unpaired) electrons. The molecule has 1 heterocycles. The first kappa shape index (κ1) is 5.36. The molecule has 0 aromatic heterocycles. The van der Waals surface area contributed by atoms with Gasteiger partial charge in [0, 0.05) is 0 Å². The molecule has 1 fully saturated rings. The zero-order chi connectivity index (χ0) is 5.28. The molecular weight excluding hydrogens is 140 g/mol. The van der Waals surface area contributed by atoms with Gasteiger partial charge >= 0.3 is 0 Å². The predicted octanol–water partition coefficient (Wildman–Crippen LogP) is -0.767. The lowest BCUT2D eigenvalue weighted by molar-refractivity contribution is -0.0611. The molecule has 7 heavy (non-hydrogen) atoms. The molecule has 0 saturated carbocycles. The molecule has 0 aliphatic carbocycles. The smallest absolute Gasteiger partial charge is 0.204 e. The van der Waals surface area contributed by atoms with Gasteiger partial charge < -0.3 is 0 Å². The molecule has 1 aliphatic rings. The first-order valence-electron chi connectivity index (χ1n) is 1.41. The van der Waals surface area contributed by atoms with Gasteiger partial charge in [0.25, 0.3) is 0 Å². The van der Waals surface area contributed by atoms with Gasteiger partial charge in [-0.3, -0.25) is 0 Å². The summed E-state index contributed by atoms with van der Waals surface area (Å²) in [5.41, 5.74) is 0. The van der Waals surface area contributed by atoms with E-state index in [0.717, 1.165) is 0 Å². The van der Waals surface area contributed by atoms with Crippen LogP contribution in [-0.4, -0.2) is 13.5 Å². The second-order valence-electron chi connectivity index (χ2n) is 0.861. The molecule has 0 aromatic rings. The summed E-state index contributed by atoms with van der Waals surface area (Å²) in [5.74, 6) is 0. The van der Waals surface area contributed by atoms with E-state index in [1.807, 2.05) is 0 Å². The lowest BCUT2D eigenvalue weighted by Crippen LogP contribution is -1.88. The molecule has 0 bridgehead atoms. The van der Waals surface area contributed by atoms with Crippen molar-refractivity contribution in [2.45, 2.75) is 0 Å². The largest absolute Gasteiger partial charge is 0.226 e. The van der Waals surface area contributed by atoms with E-state index in [4.69, 9.17) is 0 Å². The summed E-state index contributed by atoms with van der Waals surface area (Å²) in [7, 11) is 0. The summed E-state index contributed by atoms with van der Waals surface area (Å²) in [6.07, 6.45) is 0. The standard InChI is InChI=1S/CH2O4S2/c2-6-1-7(3)5-4-6/h1H2. The minimum atomic E-state index is -1.48. The maximum atomic E-state index is 10.0. The van der Waals surface area contributed by atoms with E-state index in [1.165, 1.54) is 0 Å². The maximum Gasteiger partial charge on any atom is 0.204 e. The van der Waals surface area contributed by atoms with Crippen LogP contribution in [0.3, 0.4) is 0 Å². The molecule has 4 nitrogen and oxygen atoms in total. The molecule has 0 spiro atoms. The van der Waals surface area contributed by atoms with Crippen molar-refractivity contribution in [3.8, 4) is 0 Å². The molecule has 6 heteroatoms. The summed E-state index contributed by atoms with van der Waals surface area (Å²) in [6.45, 7) is 0. The molecule has 2 atom stereocenters. The van der Waals surface area contributed by atoms with Crippen LogP contribution in [0.1, 0.15) is 0 Å². The van der Waals surface area contributed by atoms with Crippen LogP contribution in [0.4, 0.5) is 0 Å². The normalized spacial score (nSPS) is 41.7. The van der Waals surface area contributed by atoms with Gasteiger partial charge in [0.15, 0.2) is 5.08 Å². The molecule has 42 valence electrons. The second kappa shape index (κ2) is 1.99. The molecular formula is CH2O4S2. The third kappa shape index (κ3) is 1.30. The van der Waals surface area contributed by atoms with Crippen LogP contribution < -0.4 is 0 Å². The summed E-state index contributed by atoms with van der Waals surface area (Å²) in [6, 6.07) is 0. The van der Waals surface area contributed by atoms with Crippen molar-refractivity contribution in [3.63, 3.8) is 0 Å². The topological polar surface area (TPSA) is 52.6 Å². The predicted molar refractivity (Wildman–Crippen MR) is 23.3 cm³/mol. The van der Waals surface area contributed by atoms with E-state index >= 15 is 0 Å². The quantitative estimate of drug-likeness (QED) is 0.417. The fourth-order valence-electron chi connectivity index (χ4n) is 0.180. The Bertz CT molecular complexity index is 105. The SMILES string of the molecule is O=S1CS(=O)OO1. The van der Waals surface area contributed by atoms with E-state index in [1.54, 1.807) is 0 Å². The Morgan fingerprint density at radius 2 is 1.57 bits per heavy atom. The molecule has 2 unspecified atom stereocenters. The van der Waals surface area contributed by atoms with Gasteiger partial charge in [-0.1, -0.05) is 0 Å². The summed E-state index contributed by atoms with van der Waals surface area (Å²) >= 11 is -2.95. The Kier molecular flexibility index (Phi) is 1.53. The van der Waals surface area contributed by atoms with E-state index in [9.17, 15) is 8.42 Å². The van der Waals surface area contributed by atoms with Crippen LogP contribution >= 0.6 is 0 Å². The Morgan fingerprint density at radius 1 is 1.14 bits per heavy atom. The van der Waals surface area contributed by atoms with Gasteiger partial charge in [0.1, 0.15) is 0 Å². The molecule has 0 amide bonds. The highest BCUT2D eigenvalue weighted by Gasteiger charge is 2.18. The first-order valence-corrected chi connectivity index (χ1v) is 3.90. The van der Waals surface area contributed by atoms with Crippen LogP contribution in [0.15, 0.2) is 0 Å². The summed E-state index contributed by atoms with van der Waals surface area (Å²) in [5, 5.41) is -0.0278. The Morgan fingerprint density at radius 3 is 1.71 bits per heavy atom. The number of hydrogen-bond donors (Lipinski definition) is 0. The third-order valence-corrected chi connectivity index (χ3v) is 2.44. The average molecular weight is 142 g/mol. The summed E-state index contributed by atoms with van der Waals surface area (Å²) < 4.78 is 27.9. The van der Waals surface area contributed by atoms with Gasteiger partial charge in [0.05, 0.1) is 0 Å². The van der Waals surface area contributed by atoms with Crippen molar-refractivity contribution < 1.29 is 17.1 Å². The summed E-state index contributed by atoms with van der Waals surface area (Å²) in [4.78, 5) is 0. The van der Waals surface area contributed by atoms with Crippen LogP contribution in [0.5, 0.6) is 0 Å². The molecule has 0 N–H and O–H groups in total. The van der Waals surface area contributed by atoms with Crippen LogP contribution in [-0.2, 0) is 30.8 Å². The minimum absolute atomic E-state index is 0.0278. The van der Waals surface area contributed by atoms with Crippen molar-refractivity contribution in [1.29, 1.82) is 0 Å². The van der Waals surface area contributed by atoms with Crippen molar-refractivity contribution in [3.05, 3.63) is 0 Å². The zero-order valence-electron chi connectivity index (χ0n) is 3.16. The Balaban J connectivity index is 2.55. The Labute approximate surface area is 45.1 Å². The first-order chi connectivity index (χ1) is 3.29. The van der Waals surface area contributed by atoms with Crippen LogP contribution in [0.25, 0.3) is 0 Å². The van der Waals surface area contributed by atoms with Gasteiger partial charge in [-0.2, -0.15) is 0 Å². The minimum Gasteiger partial charge on any atom is -0.226 e. The number of rotatable bonds is 0. The fourth-order valence-corrected chi connectivity index (χ4v) is 1.62. The molecule has 1 aliphatic heterocycles. The molecule has 1 rings (SSSR count). The third-order valence-electron chi connectivity index (χ3n) is 0.372. The average Bonchev–Trinajstić information content (AvgIpc) is 1.87. The van der Waals surface area contributed by atoms with Crippen molar-refractivity contribution in [2.24, 2.45) is 0 Å². The monoisotopic (exact) mass is 142 g/mol. The van der Waals surface area contributed by atoms with E-state index in [-0.39, 0.29) is 5.08 Å². The lowest BCUT2D eigenvalue weighted by atomic mass is 11.9. The van der Waals surface area contributed by atoms with E-state index < -0.39 is 22.2 Å². The van der Waals surface area contributed by atoms with Crippen molar-refractivity contribution in [1.82, 2.24) is 0 Å². The van der Waals surface area contributed by atoms with Gasteiger partial charge in [0.2, 0.25) is 22.2 Å². The maximum absolute atomic E-state index is 10.0. The van der Waals surface area contributed by atoms with Crippen molar-refractivity contribution in [2.75, 3.05) is 5.08 Å².